The van der Waals surface area contributed by atoms with Crippen LogP contribution in [0.4, 0.5) is 4.39 Å². The minimum atomic E-state index is -0.620. The number of alkyl halides is 1. The van der Waals surface area contributed by atoms with Gasteiger partial charge < -0.3 is 0 Å². The van der Waals surface area contributed by atoms with E-state index in [-0.39, 0.29) is 16.9 Å². The summed E-state index contributed by atoms with van der Waals surface area (Å²) in [6.45, 7) is 21.5. The first-order chi connectivity index (χ1) is 10.9. The van der Waals surface area contributed by atoms with Crippen LogP contribution in [-0.2, 0) is 0 Å². The fourth-order valence-electron chi connectivity index (χ4n) is 4.90. The van der Waals surface area contributed by atoms with E-state index >= 15 is 0 Å². The zero-order chi connectivity index (χ0) is 18.3. The van der Waals surface area contributed by atoms with E-state index in [2.05, 4.69) is 65.2 Å². The Morgan fingerprint density at radius 3 is 1.88 bits per heavy atom. The molecule has 2 aliphatic rings. The molecule has 3 heteroatoms. The van der Waals surface area contributed by atoms with E-state index in [9.17, 15) is 4.39 Å². The number of hydrogen-bond acceptors (Lipinski definition) is 2. The van der Waals surface area contributed by atoms with Crippen molar-refractivity contribution in [2.75, 3.05) is 19.6 Å². The third kappa shape index (κ3) is 4.72. The fraction of sp³-hybridized carbons (Fsp3) is 1.00. The smallest absolute Gasteiger partial charge is 0.104 e. The molecule has 5 unspecified atom stereocenters. The van der Waals surface area contributed by atoms with E-state index in [1.165, 1.54) is 6.42 Å². The summed E-state index contributed by atoms with van der Waals surface area (Å²) in [5.74, 6) is 0.769. The molecule has 2 rings (SSSR count). The van der Waals surface area contributed by atoms with Crippen molar-refractivity contribution in [2.45, 2.75) is 98.4 Å². The first kappa shape index (κ1) is 20.2. The summed E-state index contributed by atoms with van der Waals surface area (Å²) < 4.78 is 14.7. The molecular formula is C21H41FN2. The molecule has 1 saturated heterocycles. The lowest BCUT2D eigenvalue weighted by Crippen LogP contribution is -2.61. The molecule has 2 fully saturated rings. The third-order valence-corrected chi connectivity index (χ3v) is 6.51. The SMILES string of the molecule is CC1CN(C(C)(C)C)CC(C)N1CC1CCC(C(C)(C)C)C(F)C1. The number of halogens is 1. The first-order valence-electron chi connectivity index (χ1n) is 10.0. The van der Waals surface area contributed by atoms with Crippen molar-refractivity contribution in [1.29, 1.82) is 0 Å². The van der Waals surface area contributed by atoms with Crippen LogP contribution in [0.15, 0.2) is 0 Å². The van der Waals surface area contributed by atoms with Gasteiger partial charge in [0.2, 0.25) is 0 Å². The monoisotopic (exact) mass is 340 g/mol. The second kappa shape index (κ2) is 7.23. The molecule has 1 aliphatic carbocycles. The lowest BCUT2D eigenvalue weighted by molar-refractivity contribution is -0.0262. The summed E-state index contributed by atoms with van der Waals surface area (Å²) in [7, 11) is 0. The lowest BCUT2D eigenvalue weighted by atomic mass is 9.68. The van der Waals surface area contributed by atoms with E-state index in [4.69, 9.17) is 0 Å². The second-order valence-corrected chi connectivity index (χ2v) is 10.6. The minimum absolute atomic E-state index is 0.101. The maximum absolute atomic E-state index is 14.7. The van der Waals surface area contributed by atoms with E-state index in [1.54, 1.807) is 0 Å². The van der Waals surface area contributed by atoms with Gasteiger partial charge in [0, 0.05) is 37.3 Å². The molecule has 2 nitrogen and oxygen atoms in total. The topological polar surface area (TPSA) is 6.48 Å². The highest BCUT2D eigenvalue weighted by molar-refractivity contribution is 4.93. The van der Waals surface area contributed by atoms with Crippen LogP contribution in [0.2, 0.25) is 0 Å². The number of nitrogens with zero attached hydrogens (tertiary/aromatic N) is 2. The van der Waals surface area contributed by atoms with Gasteiger partial charge in [0.25, 0.3) is 0 Å². The van der Waals surface area contributed by atoms with Crippen LogP contribution in [0.3, 0.4) is 0 Å². The average Bonchev–Trinajstić information content (AvgIpc) is 2.40. The summed E-state index contributed by atoms with van der Waals surface area (Å²) >= 11 is 0. The van der Waals surface area contributed by atoms with Gasteiger partial charge in [-0.1, -0.05) is 20.8 Å². The lowest BCUT2D eigenvalue weighted by Gasteiger charge is -2.50. The molecule has 0 radical (unpaired) electrons. The largest absolute Gasteiger partial charge is 0.295 e. The highest BCUT2D eigenvalue weighted by Crippen LogP contribution is 2.42. The maximum atomic E-state index is 14.7. The average molecular weight is 341 g/mol. The highest BCUT2D eigenvalue weighted by atomic mass is 19.1. The molecule has 5 atom stereocenters. The Balaban J connectivity index is 1.93. The van der Waals surface area contributed by atoms with Gasteiger partial charge in [-0.05, 0) is 71.1 Å². The summed E-state index contributed by atoms with van der Waals surface area (Å²) in [5.41, 5.74) is 0.340. The van der Waals surface area contributed by atoms with Crippen LogP contribution in [0.5, 0.6) is 0 Å². The number of piperazine rings is 1. The van der Waals surface area contributed by atoms with Crippen LogP contribution in [-0.4, -0.2) is 53.2 Å². The second-order valence-electron chi connectivity index (χ2n) is 10.6. The Morgan fingerprint density at radius 2 is 1.46 bits per heavy atom. The molecule has 1 heterocycles. The van der Waals surface area contributed by atoms with Crippen molar-refractivity contribution in [3.63, 3.8) is 0 Å². The van der Waals surface area contributed by atoms with Crippen LogP contribution >= 0.6 is 0 Å². The standard InChI is InChI=1S/C21H41FN2/c1-15-12-23(21(6,7)8)13-16(2)24(15)14-17-9-10-18(19(22)11-17)20(3,4)5/h15-19H,9-14H2,1-8H3. The van der Waals surface area contributed by atoms with Crippen molar-refractivity contribution >= 4 is 0 Å². The van der Waals surface area contributed by atoms with Gasteiger partial charge in [-0.3, -0.25) is 9.80 Å². The quantitative estimate of drug-likeness (QED) is 0.699. The van der Waals surface area contributed by atoms with Crippen molar-refractivity contribution in [2.24, 2.45) is 17.3 Å². The van der Waals surface area contributed by atoms with E-state index < -0.39 is 6.17 Å². The highest BCUT2D eigenvalue weighted by Gasteiger charge is 2.40. The molecule has 0 aromatic heterocycles. The van der Waals surface area contributed by atoms with Gasteiger partial charge in [-0.25, -0.2) is 4.39 Å². The molecule has 24 heavy (non-hydrogen) atoms. The van der Waals surface area contributed by atoms with Gasteiger partial charge in [0.15, 0.2) is 0 Å². The predicted octanol–water partition coefficient (Wildman–Crippen LogP) is 4.98. The Bertz CT molecular complexity index is 397. The Labute approximate surface area is 150 Å². The molecule has 0 amide bonds. The van der Waals surface area contributed by atoms with Crippen molar-refractivity contribution in [1.82, 2.24) is 9.80 Å². The van der Waals surface area contributed by atoms with Crippen LogP contribution in [0.25, 0.3) is 0 Å². The molecule has 1 saturated carbocycles. The normalized spacial score (nSPS) is 37.6. The fourth-order valence-corrected chi connectivity index (χ4v) is 4.90. The molecule has 0 aromatic carbocycles. The molecule has 0 N–H and O–H groups in total. The first-order valence-corrected chi connectivity index (χ1v) is 10.0. The molecule has 1 aliphatic heterocycles. The van der Waals surface area contributed by atoms with Crippen molar-refractivity contribution < 1.29 is 4.39 Å². The molecule has 0 aromatic rings. The van der Waals surface area contributed by atoms with Gasteiger partial charge >= 0.3 is 0 Å². The molecule has 0 bridgehead atoms. The Kier molecular flexibility index (Phi) is 6.07. The summed E-state index contributed by atoms with van der Waals surface area (Å²) in [5, 5.41) is 0. The predicted molar refractivity (Wildman–Crippen MR) is 102 cm³/mol. The van der Waals surface area contributed by atoms with Crippen molar-refractivity contribution in [3.05, 3.63) is 0 Å². The molecule has 0 spiro atoms. The zero-order valence-corrected chi connectivity index (χ0v) is 17.4. The van der Waals surface area contributed by atoms with Gasteiger partial charge in [-0.15, -0.1) is 0 Å². The summed E-state index contributed by atoms with van der Waals surface area (Å²) in [6.07, 6.45) is 2.40. The van der Waals surface area contributed by atoms with Crippen LogP contribution in [0, 0.1) is 17.3 Å². The van der Waals surface area contributed by atoms with Crippen molar-refractivity contribution in [3.8, 4) is 0 Å². The summed E-state index contributed by atoms with van der Waals surface area (Å²) in [4.78, 5) is 5.25. The maximum Gasteiger partial charge on any atom is 0.104 e. The van der Waals surface area contributed by atoms with Gasteiger partial charge in [-0.2, -0.15) is 0 Å². The Morgan fingerprint density at radius 1 is 0.917 bits per heavy atom. The van der Waals surface area contributed by atoms with E-state index in [0.717, 1.165) is 32.5 Å². The van der Waals surface area contributed by atoms with Crippen LogP contribution in [0.1, 0.15) is 74.7 Å². The number of hydrogen-bond donors (Lipinski definition) is 0. The summed E-state index contributed by atoms with van der Waals surface area (Å²) in [6, 6.07) is 1.12. The minimum Gasteiger partial charge on any atom is -0.295 e. The molecule has 142 valence electrons. The van der Waals surface area contributed by atoms with Crippen LogP contribution < -0.4 is 0 Å². The van der Waals surface area contributed by atoms with Gasteiger partial charge in [0.1, 0.15) is 6.17 Å². The molecular weight excluding hydrogens is 299 g/mol. The van der Waals surface area contributed by atoms with Gasteiger partial charge in [0.05, 0.1) is 0 Å². The Hall–Kier alpha value is -0.150. The zero-order valence-electron chi connectivity index (χ0n) is 17.4. The number of rotatable bonds is 2. The van der Waals surface area contributed by atoms with E-state index in [1.807, 2.05) is 0 Å². The third-order valence-electron chi connectivity index (χ3n) is 6.51. The van der Waals surface area contributed by atoms with E-state index in [0.29, 0.717) is 18.0 Å².